The highest BCUT2D eigenvalue weighted by Crippen LogP contribution is 2.24. The van der Waals surface area contributed by atoms with Gasteiger partial charge in [-0.3, -0.25) is 13.9 Å². The molecule has 0 heterocycles. The number of anilines is 1. The normalized spacial score (nSPS) is 12.8. The average molecular weight is 536 g/mol. The maximum atomic E-state index is 13.8. The molecule has 0 spiro atoms. The lowest BCUT2D eigenvalue weighted by Gasteiger charge is -2.32. The molecule has 38 heavy (non-hydrogen) atoms. The molecule has 0 saturated carbocycles. The number of sulfonamides is 1. The van der Waals surface area contributed by atoms with Gasteiger partial charge in [-0.15, -0.1) is 0 Å². The van der Waals surface area contributed by atoms with Gasteiger partial charge in [0, 0.05) is 12.6 Å². The Morgan fingerprint density at radius 2 is 1.45 bits per heavy atom. The van der Waals surface area contributed by atoms with Crippen molar-refractivity contribution in [2.45, 2.75) is 57.5 Å². The summed E-state index contributed by atoms with van der Waals surface area (Å²) < 4.78 is 28.6. The van der Waals surface area contributed by atoms with Crippen LogP contribution in [-0.2, 0) is 26.0 Å². The lowest BCUT2D eigenvalue weighted by atomic mass is 10.1. The minimum atomic E-state index is -4.05. The first-order valence-electron chi connectivity index (χ1n) is 12.9. The zero-order valence-corrected chi connectivity index (χ0v) is 23.3. The summed E-state index contributed by atoms with van der Waals surface area (Å²) in [5.74, 6) is -0.721. The molecule has 0 aromatic heterocycles. The summed E-state index contributed by atoms with van der Waals surface area (Å²) >= 11 is 0. The Morgan fingerprint density at radius 1 is 0.868 bits per heavy atom. The van der Waals surface area contributed by atoms with Crippen LogP contribution in [0.1, 0.15) is 38.3 Å². The van der Waals surface area contributed by atoms with E-state index >= 15 is 0 Å². The third-order valence-electron chi connectivity index (χ3n) is 6.58. The van der Waals surface area contributed by atoms with Gasteiger partial charge in [0.2, 0.25) is 11.8 Å². The van der Waals surface area contributed by atoms with Crippen molar-refractivity contribution < 1.29 is 18.0 Å². The van der Waals surface area contributed by atoms with Crippen molar-refractivity contribution in [1.82, 2.24) is 10.2 Å². The van der Waals surface area contributed by atoms with Crippen molar-refractivity contribution in [2.24, 2.45) is 0 Å². The predicted molar refractivity (Wildman–Crippen MR) is 151 cm³/mol. The molecule has 1 N–H and O–H groups in total. The van der Waals surface area contributed by atoms with Gasteiger partial charge in [0.05, 0.1) is 10.6 Å². The fourth-order valence-electron chi connectivity index (χ4n) is 4.00. The minimum Gasteiger partial charge on any atom is -0.352 e. The van der Waals surface area contributed by atoms with Crippen LogP contribution in [0.5, 0.6) is 0 Å². The van der Waals surface area contributed by atoms with Crippen LogP contribution >= 0.6 is 0 Å². The van der Waals surface area contributed by atoms with Crippen molar-refractivity contribution in [3.63, 3.8) is 0 Å². The van der Waals surface area contributed by atoms with E-state index in [1.165, 1.54) is 17.0 Å². The highest BCUT2D eigenvalue weighted by atomic mass is 32.2. The number of nitrogens with one attached hydrogen (secondary N) is 1. The minimum absolute atomic E-state index is 0.0430. The second-order valence-electron chi connectivity index (χ2n) is 9.48. The first kappa shape index (κ1) is 28.9. The Balaban J connectivity index is 1.95. The van der Waals surface area contributed by atoms with Gasteiger partial charge in [0.15, 0.2) is 0 Å². The van der Waals surface area contributed by atoms with Crippen LogP contribution in [0.25, 0.3) is 0 Å². The number of nitrogens with zero attached hydrogens (tertiary/aromatic N) is 2. The van der Waals surface area contributed by atoms with E-state index in [0.29, 0.717) is 12.1 Å². The number of rotatable bonds is 12. The summed E-state index contributed by atoms with van der Waals surface area (Å²) in [6, 6.07) is 23.9. The van der Waals surface area contributed by atoms with E-state index in [2.05, 4.69) is 5.32 Å². The maximum absolute atomic E-state index is 13.8. The van der Waals surface area contributed by atoms with Gasteiger partial charge in [-0.05, 0) is 63.4 Å². The fourth-order valence-corrected chi connectivity index (χ4v) is 5.43. The summed E-state index contributed by atoms with van der Waals surface area (Å²) in [5, 5.41) is 2.95. The summed E-state index contributed by atoms with van der Waals surface area (Å²) in [6.45, 7) is 7.31. The number of hydrogen-bond donors (Lipinski definition) is 1. The molecule has 0 bridgehead atoms. The van der Waals surface area contributed by atoms with E-state index in [4.69, 9.17) is 0 Å². The zero-order chi connectivity index (χ0) is 27.7. The fraction of sp³-hybridized carbons (Fsp3) is 0.333. The topological polar surface area (TPSA) is 86.8 Å². The molecule has 202 valence electrons. The lowest BCUT2D eigenvalue weighted by molar-refractivity contribution is -0.139. The summed E-state index contributed by atoms with van der Waals surface area (Å²) in [6.07, 6.45) is 1.29. The number of aryl methyl sites for hydroxylation is 1. The molecular formula is C30H37N3O4S. The van der Waals surface area contributed by atoms with Gasteiger partial charge in [0.25, 0.3) is 10.0 Å². The standard InChI is InChI=1S/C30H37N3O4S/c1-5-24(3)31-30(35)25(4)32(21-20-26-12-8-6-9-13-26)29(34)22-33(27-18-16-23(2)17-19-27)38(36,37)28-14-10-7-11-15-28/h6-19,24-25H,5,20-22H2,1-4H3,(H,31,35)/t24-,25+/m0/s1. The lowest BCUT2D eigenvalue weighted by Crippen LogP contribution is -2.53. The Kier molecular flexibility index (Phi) is 10.1. The SMILES string of the molecule is CC[C@H](C)NC(=O)[C@@H](C)N(CCc1ccccc1)C(=O)CN(c1ccc(C)cc1)S(=O)(=O)c1ccccc1. The molecule has 0 aliphatic rings. The van der Waals surface area contributed by atoms with Gasteiger partial charge >= 0.3 is 0 Å². The second-order valence-corrected chi connectivity index (χ2v) is 11.3. The van der Waals surface area contributed by atoms with Gasteiger partial charge in [0.1, 0.15) is 12.6 Å². The van der Waals surface area contributed by atoms with Crippen molar-refractivity contribution in [2.75, 3.05) is 17.4 Å². The number of carbonyl (C=O) groups excluding carboxylic acids is 2. The van der Waals surface area contributed by atoms with Gasteiger partial charge < -0.3 is 10.2 Å². The Bertz CT molecular complexity index is 1300. The van der Waals surface area contributed by atoms with E-state index in [1.54, 1.807) is 37.3 Å². The monoisotopic (exact) mass is 535 g/mol. The molecule has 0 unspecified atom stereocenters. The number of amides is 2. The van der Waals surface area contributed by atoms with Crippen LogP contribution in [-0.4, -0.2) is 50.3 Å². The average Bonchev–Trinajstić information content (AvgIpc) is 2.93. The molecule has 0 aliphatic carbocycles. The van der Waals surface area contributed by atoms with E-state index in [0.717, 1.165) is 21.9 Å². The highest BCUT2D eigenvalue weighted by molar-refractivity contribution is 7.92. The van der Waals surface area contributed by atoms with E-state index in [-0.39, 0.29) is 23.4 Å². The molecule has 0 fully saturated rings. The van der Waals surface area contributed by atoms with Gasteiger partial charge in [-0.1, -0.05) is 73.2 Å². The third-order valence-corrected chi connectivity index (χ3v) is 8.37. The first-order chi connectivity index (χ1) is 18.1. The Labute approximate surface area is 226 Å². The molecule has 3 rings (SSSR count). The van der Waals surface area contributed by atoms with Crippen LogP contribution in [0.3, 0.4) is 0 Å². The zero-order valence-electron chi connectivity index (χ0n) is 22.5. The molecule has 3 aromatic rings. The van der Waals surface area contributed by atoms with Gasteiger partial charge in [-0.25, -0.2) is 8.42 Å². The van der Waals surface area contributed by atoms with Crippen LogP contribution in [0.15, 0.2) is 89.8 Å². The van der Waals surface area contributed by atoms with Crippen LogP contribution < -0.4 is 9.62 Å². The predicted octanol–water partition coefficient (Wildman–Crippen LogP) is 4.56. The van der Waals surface area contributed by atoms with Gasteiger partial charge in [-0.2, -0.15) is 0 Å². The molecule has 3 aromatic carbocycles. The molecule has 0 saturated heterocycles. The molecule has 0 aliphatic heterocycles. The smallest absolute Gasteiger partial charge is 0.264 e. The van der Waals surface area contributed by atoms with Crippen LogP contribution in [0.2, 0.25) is 0 Å². The summed E-state index contributed by atoms with van der Waals surface area (Å²) in [7, 11) is -4.05. The summed E-state index contributed by atoms with van der Waals surface area (Å²) in [4.78, 5) is 28.4. The largest absolute Gasteiger partial charge is 0.352 e. The first-order valence-corrected chi connectivity index (χ1v) is 14.4. The van der Waals surface area contributed by atoms with Crippen molar-refractivity contribution >= 4 is 27.5 Å². The maximum Gasteiger partial charge on any atom is 0.264 e. The third kappa shape index (κ3) is 7.44. The molecule has 0 radical (unpaired) electrons. The molecule has 2 amide bonds. The van der Waals surface area contributed by atoms with Crippen LogP contribution in [0, 0.1) is 6.92 Å². The molecule has 7 nitrogen and oxygen atoms in total. The van der Waals surface area contributed by atoms with E-state index in [1.807, 2.05) is 63.2 Å². The van der Waals surface area contributed by atoms with E-state index in [9.17, 15) is 18.0 Å². The van der Waals surface area contributed by atoms with Crippen molar-refractivity contribution in [3.8, 4) is 0 Å². The highest BCUT2D eigenvalue weighted by Gasteiger charge is 2.32. The van der Waals surface area contributed by atoms with Crippen LogP contribution in [0.4, 0.5) is 5.69 Å². The second kappa shape index (κ2) is 13.2. The number of carbonyl (C=O) groups is 2. The number of benzene rings is 3. The molecule has 2 atom stereocenters. The van der Waals surface area contributed by atoms with E-state index < -0.39 is 28.5 Å². The summed E-state index contributed by atoms with van der Waals surface area (Å²) in [5.41, 5.74) is 2.37. The quantitative estimate of drug-likeness (QED) is 0.368. The van der Waals surface area contributed by atoms with Crippen molar-refractivity contribution in [3.05, 3.63) is 96.1 Å². The Morgan fingerprint density at radius 3 is 2.03 bits per heavy atom. The van der Waals surface area contributed by atoms with Crippen molar-refractivity contribution in [1.29, 1.82) is 0 Å². The molecule has 8 heteroatoms. The Hall–Kier alpha value is -3.65. The number of hydrogen-bond acceptors (Lipinski definition) is 4. The molecular weight excluding hydrogens is 498 g/mol.